The Balaban J connectivity index is -0.000000320. The van der Waals surface area contributed by atoms with Gasteiger partial charge in [-0.3, -0.25) is 4.79 Å². The molecule has 4 N–H and O–H groups in total. The summed E-state index contributed by atoms with van der Waals surface area (Å²) in [7, 11) is 0. The van der Waals surface area contributed by atoms with Crippen LogP contribution in [0.3, 0.4) is 0 Å². The Hall–Kier alpha value is 0.350. The van der Waals surface area contributed by atoms with Crippen molar-refractivity contribution in [3.63, 3.8) is 0 Å². The van der Waals surface area contributed by atoms with Gasteiger partial charge in [-0.25, -0.2) is 0 Å². The predicted molar refractivity (Wildman–Crippen MR) is 29.1 cm³/mol. The zero-order chi connectivity index (χ0) is 7.49. The minimum atomic E-state index is -2.41. The largest absolute Gasteiger partial charge is 1.00 e. The Morgan fingerprint density at radius 2 is 2.20 bits per heavy atom. The number of hydrogen-bond acceptors (Lipinski definition) is 5. The van der Waals surface area contributed by atoms with Crippen molar-refractivity contribution in [2.24, 2.45) is 5.73 Å². The van der Waals surface area contributed by atoms with E-state index in [-0.39, 0.29) is 37.5 Å². The van der Waals surface area contributed by atoms with Crippen LogP contribution in [0.25, 0.3) is 0 Å². The molecule has 6 heteroatoms. The maximum atomic E-state index is 10.2. The summed E-state index contributed by atoms with van der Waals surface area (Å²) in [5.74, 6) is -3.27. The van der Waals surface area contributed by atoms with Crippen molar-refractivity contribution in [1.29, 1.82) is 0 Å². The van der Waals surface area contributed by atoms with Gasteiger partial charge in [-0.05, 0) is 0 Å². The summed E-state index contributed by atoms with van der Waals surface area (Å²) in [6.07, 6.45) is 0. The quantitative estimate of drug-likeness (QED) is 0.214. The molecule has 10 heavy (non-hydrogen) atoms. The van der Waals surface area contributed by atoms with E-state index in [1.165, 1.54) is 0 Å². The minimum Gasteiger partial charge on any atom is -1.00 e. The molecule has 0 atom stereocenters. The van der Waals surface area contributed by atoms with Crippen LogP contribution in [-0.4, -0.2) is 28.7 Å². The predicted octanol–water partition coefficient (Wildman–Crippen LogP) is -4.74. The van der Waals surface area contributed by atoms with Gasteiger partial charge in [-0.2, -0.15) is 0 Å². The molecular weight excluding hydrogens is 149 g/mol. The summed E-state index contributed by atoms with van der Waals surface area (Å²) in [5, 5.41) is 16.8. The zero-order valence-corrected chi connectivity index (χ0v) is 8.00. The van der Waals surface area contributed by atoms with Crippen LogP contribution in [0.1, 0.15) is 8.35 Å². The Kier molecular flexibility index (Phi) is 6.57. The third-order valence-electron chi connectivity index (χ3n) is 0.474. The maximum Gasteiger partial charge on any atom is 1.00 e. The Labute approximate surface area is 81.9 Å². The van der Waals surface area contributed by atoms with Gasteiger partial charge in [-0.15, -0.1) is 0 Å². The minimum absolute atomic E-state index is 0. The van der Waals surface area contributed by atoms with Crippen molar-refractivity contribution < 1.29 is 50.7 Å². The summed E-state index contributed by atoms with van der Waals surface area (Å²) in [5.41, 5.74) is 4.78. The number of hydrogen-bond donors (Lipinski definition) is 3. The second-order valence-electron chi connectivity index (χ2n) is 1.61. The van der Waals surface area contributed by atoms with E-state index in [9.17, 15) is 4.79 Å². The van der Waals surface area contributed by atoms with Crippen LogP contribution in [0, 0.1) is 0 Å². The molecule has 5 nitrogen and oxygen atoms in total. The molecule has 0 radical (unpaired) electrons. The molecule has 0 spiro atoms. The van der Waals surface area contributed by atoms with Gasteiger partial charge in [0.25, 0.3) is 0 Å². The normalized spacial score (nSPS) is 10.0. The summed E-state index contributed by atoms with van der Waals surface area (Å²) in [4.78, 5) is 10.2. The van der Waals surface area contributed by atoms with Crippen molar-refractivity contribution in [3.8, 4) is 0 Å². The molecule has 0 amide bonds. The molecule has 0 saturated carbocycles. The van der Waals surface area contributed by atoms with E-state index in [1.54, 1.807) is 0 Å². The van der Waals surface area contributed by atoms with Crippen molar-refractivity contribution in [1.82, 2.24) is 0 Å². The molecule has 0 fully saturated rings. The van der Waals surface area contributed by atoms with Gasteiger partial charge in [0.1, 0.15) is 0 Å². The van der Waals surface area contributed by atoms with Crippen LogP contribution < -0.4 is 35.3 Å². The van der Waals surface area contributed by atoms with Crippen molar-refractivity contribution in [3.05, 3.63) is 0 Å². The fraction of sp³-hybridized carbons (Fsp3) is 0.750. The Morgan fingerprint density at radius 3 is 2.30 bits per heavy atom. The third kappa shape index (κ3) is 8.35. The van der Waals surface area contributed by atoms with Crippen LogP contribution in [0.4, 0.5) is 0 Å². The molecule has 0 aromatic rings. The Bertz CT molecular complexity index is 115. The summed E-state index contributed by atoms with van der Waals surface area (Å²) < 4.78 is 3.93. The van der Waals surface area contributed by atoms with Crippen LogP contribution in [-0.2, 0) is 9.53 Å². The van der Waals surface area contributed by atoms with E-state index in [0.717, 1.165) is 6.92 Å². The molecule has 0 aliphatic carbocycles. The van der Waals surface area contributed by atoms with Crippen molar-refractivity contribution in [2.75, 3.05) is 6.54 Å². The number of carbonyl (C=O) groups excluding carboxylic acids is 1. The fourth-order valence-electron chi connectivity index (χ4n) is 0.257. The fourth-order valence-corrected chi connectivity index (χ4v) is 0.257. The monoisotopic (exact) mass is 159 g/mol. The van der Waals surface area contributed by atoms with Crippen LogP contribution >= 0.6 is 0 Å². The van der Waals surface area contributed by atoms with E-state index in [2.05, 4.69) is 4.74 Å². The maximum absolute atomic E-state index is 10.2. The van der Waals surface area contributed by atoms with Gasteiger partial charge < -0.3 is 22.1 Å². The van der Waals surface area contributed by atoms with Gasteiger partial charge in [0.05, 0.1) is 6.54 Å². The molecule has 0 unspecified atom stereocenters. The van der Waals surface area contributed by atoms with E-state index in [0.29, 0.717) is 0 Å². The number of nitrogens with two attached hydrogens (primary N) is 1. The Morgan fingerprint density at radius 1 is 1.80 bits per heavy atom. The first-order valence-corrected chi connectivity index (χ1v) is 2.32. The number of esters is 1. The molecule has 56 valence electrons. The van der Waals surface area contributed by atoms with Gasteiger partial charge in [0.15, 0.2) is 0 Å². The molecule has 0 heterocycles. The van der Waals surface area contributed by atoms with Gasteiger partial charge in [-0.1, -0.05) is 0 Å². The molecule has 0 bridgehead atoms. The zero-order valence-electron chi connectivity index (χ0n) is 7.00. The second kappa shape index (κ2) is 5.06. The van der Waals surface area contributed by atoms with Crippen LogP contribution in [0.2, 0.25) is 0 Å². The van der Waals surface area contributed by atoms with E-state index in [4.69, 9.17) is 15.9 Å². The molecule has 0 saturated heterocycles. The topological polar surface area (TPSA) is 92.8 Å². The average Bonchev–Trinajstić information content (AvgIpc) is 1.62. The molecule has 0 rings (SSSR count). The number of rotatable bonds is 2. The molecule has 0 aliphatic rings. The SMILES string of the molecule is CC(O)(O)OC(=O)CN.[H-].[Na+]. The van der Waals surface area contributed by atoms with Crippen LogP contribution in [0.15, 0.2) is 0 Å². The van der Waals surface area contributed by atoms with Gasteiger partial charge >= 0.3 is 41.5 Å². The summed E-state index contributed by atoms with van der Waals surface area (Å²) in [6, 6.07) is 0. The average molecular weight is 159 g/mol. The molecule has 0 aromatic heterocycles. The first-order chi connectivity index (χ1) is 3.95. The van der Waals surface area contributed by atoms with Gasteiger partial charge in [0, 0.05) is 6.92 Å². The van der Waals surface area contributed by atoms with E-state index in [1.807, 2.05) is 0 Å². The second-order valence-corrected chi connectivity index (χ2v) is 1.61. The van der Waals surface area contributed by atoms with Crippen molar-refractivity contribution in [2.45, 2.75) is 12.9 Å². The summed E-state index contributed by atoms with van der Waals surface area (Å²) >= 11 is 0. The number of ether oxygens (including phenoxy) is 1. The summed E-state index contributed by atoms with van der Waals surface area (Å²) in [6.45, 7) is 0.553. The van der Waals surface area contributed by atoms with E-state index >= 15 is 0 Å². The first kappa shape index (κ1) is 13.0. The van der Waals surface area contributed by atoms with Crippen molar-refractivity contribution >= 4 is 5.97 Å². The van der Waals surface area contributed by atoms with Crippen LogP contribution in [0.5, 0.6) is 0 Å². The number of carbonyl (C=O) groups is 1. The standard InChI is InChI=1S/C4H9NO4.Na.H/c1-4(7,8)9-3(6)2-5;;/h7-8H,2,5H2,1H3;;/q;+1;-1. The first-order valence-electron chi connectivity index (χ1n) is 2.32. The molecule has 0 aromatic carbocycles. The van der Waals surface area contributed by atoms with E-state index < -0.39 is 11.9 Å². The van der Waals surface area contributed by atoms with Gasteiger partial charge in [0.2, 0.25) is 0 Å². The molecule has 0 aliphatic heterocycles. The number of aliphatic hydroxyl groups is 2. The smallest absolute Gasteiger partial charge is 1.00 e. The third-order valence-corrected chi connectivity index (χ3v) is 0.474. The molecular formula is C4H10NNaO4.